The van der Waals surface area contributed by atoms with Crippen molar-refractivity contribution < 1.29 is 17.9 Å². The summed E-state index contributed by atoms with van der Waals surface area (Å²) in [6, 6.07) is 29.2. The van der Waals surface area contributed by atoms with E-state index in [1.54, 1.807) is 54.7 Å². The Morgan fingerprint density at radius 1 is 0.911 bits per heavy atom. The van der Waals surface area contributed by atoms with Crippen molar-refractivity contribution in [1.29, 1.82) is 0 Å². The van der Waals surface area contributed by atoms with Crippen LogP contribution < -0.4 is 14.5 Å². The number of ether oxygens (including phenoxy) is 1. The topological polar surface area (TPSA) is 93.0 Å². The third kappa shape index (κ3) is 6.91. The van der Waals surface area contributed by atoms with Crippen molar-refractivity contribution >= 4 is 51.0 Å². The van der Waals surface area contributed by atoms with Crippen LogP contribution in [0.4, 0.5) is 5.69 Å². The molecule has 4 aromatic carbocycles. The second-order valence-corrected chi connectivity index (χ2v) is 12.8. The number of hydrazone groups is 1. The number of aryl methyl sites for hydroxylation is 1. The lowest BCUT2D eigenvalue weighted by Crippen LogP contribution is -2.33. The Morgan fingerprint density at radius 2 is 1.60 bits per heavy atom. The van der Waals surface area contributed by atoms with Crippen molar-refractivity contribution in [2.45, 2.75) is 25.3 Å². The molecule has 0 unspecified atom stereocenters. The van der Waals surface area contributed by atoms with Gasteiger partial charge in [0, 0.05) is 22.6 Å². The van der Waals surface area contributed by atoms with Crippen molar-refractivity contribution in [3.05, 3.63) is 141 Å². The van der Waals surface area contributed by atoms with E-state index >= 15 is 0 Å². The molecule has 0 aliphatic heterocycles. The minimum absolute atomic E-state index is 0.00344. The number of amides is 1. The Kier molecular flexibility index (Phi) is 9.63. The van der Waals surface area contributed by atoms with Gasteiger partial charge in [-0.3, -0.25) is 9.10 Å². The van der Waals surface area contributed by atoms with Crippen LogP contribution in [0, 0.1) is 13.8 Å². The lowest BCUT2D eigenvalue weighted by molar-refractivity contribution is 0.0955. The zero-order valence-corrected chi connectivity index (χ0v) is 27.1. The first-order valence-electron chi connectivity index (χ1n) is 13.9. The zero-order valence-electron chi connectivity index (χ0n) is 24.7. The molecule has 1 amide bonds. The number of halogens is 2. The summed E-state index contributed by atoms with van der Waals surface area (Å²) in [5.74, 6) is -0.0398. The van der Waals surface area contributed by atoms with Gasteiger partial charge in [-0.25, -0.2) is 13.8 Å². The third-order valence-electron chi connectivity index (χ3n) is 7.24. The average Bonchev–Trinajstić information content (AvgIpc) is 3.33. The van der Waals surface area contributed by atoms with Gasteiger partial charge < -0.3 is 9.30 Å². The SMILES string of the molecule is COc1ccc(S(=O)(=O)N(Cc2ccccc2)c2ccccc2C(=O)N/N=C/c2cc(C)n(-c3ccc(Cl)c(Cl)c3)c2C)cc1. The van der Waals surface area contributed by atoms with E-state index in [-0.39, 0.29) is 22.7 Å². The van der Waals surface area contributed by atoms with E-state index in [9.17, 15) is 13.2 Å². The fourth-order valence-electron chi connectivity index (χ4n) is 4.97. The number of rotatable bonds is 10. The number of anilines is 1. The lowest BCUT2D eigenvalue weighted by Gasteiger charge is -2.26. The normalized spacial score (nSPS) is 11.5. The molecule has 0 spiro atoms. The van der Waals surface area contributed by atoms with Gasteiger partial charge in [-0.2, -0.15) is 5.10 Å². The molecule has 0 bridgehead atoms. The molecule has 1 N–H and O–H groups in total. The van der Waals surface area contributed by atoms with E-state index < -0.39 is 15.9 Å². The van der Waals surface area contributed by atoms with Gasteiger partial charge in [-0.15, -0.1) is 0 Å². The molecule has 0 aliphatic rings. The van der Waals surface area contributed by atoms with Crippen LogP contribution in [0.1, 0.15) is 32.9 Å². The molecular formula is C34H30Cl2N4O4S. The molecule has 0 aliphatic carbocycles. The monoisotopic (exact) mass is 660 g/mol. The van der Waals surface area contributed by atoms with Gasteiger partial charge in [-0.05, 0) is 80.1 Å². The largest absolute Gasteiger partial charge is 0.497 e. The zero-order chi connectivity index (χ0) is 32.1. The second-order valence-electron chi connectivity index (χ2n) is 10.1. The maximum Gasteiger partial charge on any atom is 0.273 e. The van der Waals surface area contributed by atoms with Crippen LogP contribution in [0.25, 0.3) is 5.69 Å². The third-order valence-corrected chi connectivity index (χ3v) is 9.75. The number of carbonyl (C=O) groups excluding carboxylic acids is 1. The molecule has 5 aromatic rings. The van der Waals surface area contributed by atoms with E-state index in [2.05, 4.69) is 10.5 Å². The number of aromatic nitrogens is 1. The summed E-state index contributed by atoms with van der Waals surface area (Å²) in [6.07, 6.45) is 1.55. The van der Waals surface area contributed by atoms with Crippen LogP contribution in [-0.4, -0.2) is 32.2 Å². The molecule has 0 atom stereocenters. The van der Waals surface area contributed by atoms with Crippen molar-refractivity contribution in [1.82, 2.24) is 9.99 Å². The number of carbonyl (C=O) groups is 1. The first kappa shape index (κ1) is 31.8. The first-order valence-corrected chi connectivity index (χ1v) is 16.1. The van der Waals surface area contributed by atoms with Gasteiger partial charge >= 0.3 is 0 Å². The van der Waals surface area contributed by atoms with E-state index in [0.29, 0.717) is 15.8 Å². The summed E-state index contributed by atoms with van der Waals surface area (Å²) < 4.78 is 36.5. The number of sulfonamides is 1. The summed E-state index contributed by atoms with van der Waals surface area (Å²) in [5, 5.41) is 5.12. The van der Waals surface area contributed by atoms with Crippen molar-refractivity contribution in [3.8, 4) is 11.4 Å². The Balaban J connectivity index is 1.45. The van der Waals surface area contributed by atoms with Crippen LogP contribution >= 0.6 is 23.2 Å². The highest BCUT2D eigenvalue weighted by molar-refractivity contribution is 7.92. The number of nitrogens with one attached hydrogen (secondary N) is 1. The number of hydrogen-bond donors (Lipinski definition) is 1. The van der Waals surface area contributed by atoms with E-state index in [1.165, 1.54) is 23.5 Å². The Hall–Kier alpha value is -4.57. The summed E-state index contributed by atoms with van der Waals surface area (Å²) in [4.78, 5) is 13.6. The number of benzene rings is 4. The van der Waals surface area contributed by atoms with Gasteiger partial charge in [0.05, 0.1) is 46.1 Å². The van der Waals surface area contributed by atoms with Gasteiger partial charge in [0.1, 0.15) is 5.75 Å². The molecule has 1 heterocycles. The molecule has 8 nitrogen and oxygen atoms in total. The molecule has 5 rings (SSSR count). The quantitative estimate of drug-likeness (QED) is 0.124. The van der Waals surface area contributed by atoms with E-state index in [4.69, 9.17) is 27.9 Å². The molecule has 0 fully saturated rings. The molecule has 0 saturated carbocycles. The van der Waals surface area contributed by atoms with Crippen molar-refractivity contribution in [3.63, 3.8) is 0 Å². The van der Waals surface area contributed by atoms with E-state index in [0.717, 1.165) is 28.2 Å². The standard InChI is InChI=1S/C34H30Cl2N4O4S/c1-23-19-26(24(2)40(23)27-13-18-31(35)32(36)20-27)21-37-38-34(41)30-11-7-8-12-33(30)39(22-25-9-5-4-6-10-25)45(42,43)29-16-14-28(44-3)15-17-29/h4-21H,22H2,1-3H3,(H,38,41)/b37-21+. The fraction of sp³-hybridized carbons (Fsp3) is 0.118. The van der Waals surface area contributed by atoms with Crippen LogP contribution in [0.2, 0.25) is 10.0 Å². The molecule has 0 radical (unpaired) electrons. The lowest BCUT2D eigenvalue weighted by atomic mass is 10.1. The van der Waals surface area contributed by atoms with Gasteiger partial charge in [-0.1, -0.05) is 65.7 Å². The maximum atomic E-state index is 14.0. The minimum Gasteiger partial charge on any atom is -0.497 e. The van der Waals surface area contributed by atoms with Gasteiger partial charge in [0.25, 0.3) is 15.9 Å². The smallest absolute Gasteiger partial charge is 0.273 e. The predicted octanol–water partition coefficient (Wildman–Crippen LogP) is 7.57. The minimum atomic E-state index is -4.10. The summed E-state index contributed by atoms with van der Waals surface area (Å²) in [5.41, 5.74) is 7.11. The number of methoxy groups -OCH3 is 1. The summed E-state index contributed by atoms with van der Waals surface area (Å²) in [6.45, 7) is 3.88. The average molecular weight is 662 g/mol. The Labute approximate surface area is 272 Å². The fourth-order valence-corrected chi connectivity index (χ4v) is 6.73. The van der Waals surface area contributed by atoms with Crippen LogP contribution in [0.5, 0.6) is 5.75 Å². The molecule has 1 aromatic heterocycles. The Morgan fingerprint density at radius 3 is 2.29 bits per heavy atom. The molecule has 230 valence electrons. The van der Waals surface area contributed by atoms with Crippen LogP contribution in [0.3, 0.4) is 0 Å². The molecule has 11 heteroatoms. The molecule has 0 saturated heterocycles. The predicted molar refractivity (Wildman–Crippen MR) is 180 cm³/mol. The number of hydrogen-bond acceptors (Lipinski definition) is 5. The summed E-state index contributed by atoms with van der Waals surface area (Å²) in [7, 11) is -2.59. The number of para-hydroxylation sites is 1. The first-order chi connectivity index (χ1) is 21.6. The maximum absolute atomic E-state index is 14.0. The van der Waals surface area contributed by atoms with E-state index in [1.807, 2.05) is 60.9 Å². The highest BCUT2D eigenvalue weighted by atomic mass is 35.5. The highest BCUT2D eigenvalue weighted by Crippen LogP contribution is 2.31. The molecule has 45 heavy (non-hydrogen) atoms. The number of nitrogens with zero attached hydrogens (tertiary/aromatic N) is 3. The van der Waals surface area contributed by atoms with Crippen LogP contribution in [0.15, 0.2) is 113 Å². The van der Waals surface area contributed by atoms with Crippen LogP contribution in [-0.2, 0) is 16.6 Å². The van der Waals surface area contributed by atoms with Crippen molar-refractivity contribution in [2.75, 3.05) is 11.4 Å². The summed E-state index contributed by atoms with van der Waals surface area (Å²) >= 11 is 12.3. The van der Waals surface area contributed by atoms with Crippen molar-refractivity contribution in [2.24, 2.45) is 5.10 Å². The highest BCUT2D eigenvalue weighted by Gasteiger charge is 2.28. The Bertz CT molecular complexity index is 1980. The van der Waals surface area contributed by atoms with Gasteiger partial charge in [0.15, 0.2) is 0 Å². The van der Waals surface area contributed by atoms with Gasteiger partial charge in [0.2, 0.25) is 0 Å². The second kappa shape index (κ2) is 13.6. The molecular weight excluding hydrogens is 631 g/mol.